The van der Waals surface area contributed by atoms with Gasteiger partial charge in [-0.2, -0.15) is 0 Å². The van der Waals surface area contributed by atoms with E-state index >= 15 is 0 Å². The van der Waals surface area contributed by atoms with Crippen molar-refractivity contribution < 1.29 is 9.13 Å². The minimum atomic E-state index is -0.222. The second-order valence-electron chi connectivity index (χ2n) is 5.76. The molecule has 0 saturated heterocycles. The van der Waals surface area contributed by atoms with Crippen LogP contribution in [0, 0.1) is 5.82 Å². The summed E-state index contributed by atoms with van der Waals surface area (Å²) in [6.07, 6.45) is 8.50. The summed E-state index contributed by atoms with van der Waals surface area (Å²) >= 11 is 0. The van der Waals surface area contributed by atoms with E-state index in [0.717, 1.165) is 18.4 Å². The largest absolute Gasteiger partial charge is 0.487 e. The zero-order valence-electron chi connectivity index (χ0n) is 11.3. The van der Waals surface area contributed by atoms with Gasteiger partial charge in [0.05, 0.1) is 6.10 Å². The van der Waals surface area contributed by atoms with Gasteiger partial charge >= 0.3 is 0 Å². The zero-order chi connectivity index (χ0) is 13.1. The molecule has 0 unspecified atom stereocenters. The average molecular weight is 263 g/mol. The van der Waals surface area contributed by atoms with Gasteiger partial charge in [0.2, 0.25) is 0 Å². The maximum Gasteiger partial charge on any atom is 0.165 e. The molecule has 2 fully saturated rings. The van der Waals surface area contributed by atoms with E-state index < -0.39 is 0 Å². The van der Waals surface area contributed by atoms with Crippen LogP contribution in [0.25, 0.3) is 0 Å². The van der Waals surface area contributed by atoms with Crippen LogP contribution in [0.4, 0.5) is 4.39 Å². The Kier molecular flexibility index (Phi) is 4.02. The second-order valence-corrected chi connectivity index (χ2v) is 5.76. The first-order valence-electron chi connectivity index (χ1n) is 7.50. The highest BCUT2D eigenvalue weighted by Crippen LogP contribution is 2.29. The number of nitrogens with one attached hydrogen (secondary N) is 1. The summed E-state index contributed by atoms with van der Waals surface area (Å²) in [5.74, 6) is 0.253. The van der Waals surface area contributed by atoms with E-state index in [1.54, 1.807) is 6.07 Å². The van der Waals surface area contributed by atoms with Crippen LogP contribution in [-0.2, 0) is 6.54 Å². The number of benzene rings is 1. The van der Waals surface area contributed by atoms with Crippen LogP contribution in [0.5, 0.6) is 5.75 Å². The molecule has 2 aliphatic rings. The van der Waals surface area contributed by atoms with E-state index in [1.165, 1.54) is 38.2 Å². The number of hydrogen-bond donors (Lipinski definition) is 1. The van der Waals surface area contributed by atoms with Crippen LogP contribution in [0.15, 0.2) is 18.2 Å². The van der Waals surface area contributed by atoms with E-state index in [0.29, 0.717) is 18.3 Å². The van der Waals surface area contributed by atoms with Gasteiger partial charge in [0.25, 0.3) is 0 Å². The summed E-state index contributed by atoms with van der Waals surface area (Å²) in [5, 5.41) is 3.43. The smallest absolute Gasteiger partial charge is 0.165 e. The van der Waals surface area contributed by atoms with Gasteiger partial charge in [-0.1, -0.05) is 18.6 Å². The van der Waals surface area contributed by atoms with Gasteiger partial charge in [-0.05, 0) is 44.6 Å². The highest BCUT2D eigenvalue weighted by atomic mass is 19.1. The summed E-state index contributed by atoms with van der Waals surface area (Å²) in [6.45, 7) is 0.713. The fourth-order valence-corrected chi connectivity index (χ4v) is 2.72. The summed E-state index contributed by atoms with van der Waals surface area (Å²) in [5.41, 5.74) is 0.956. The first-order valence-corrected chi connectivity index (χ1v) is 7.50. The maximum absolute atomic E-state index is 14.0. The third kappa shape index (κ3) is 3.47. The topological polar surface area (TPSA) is 21.3 Å². The van der Waals surface area contributed by atoms with E-state index in [9.17, 15) is 4.39 Å². The van der Waals surface area contributed by atoms with Crippen LogP contribution in [0.3, 0.4) is 0 Å². The van der Waals surface area contributed by atoms with Crippen molar-refractivity contribution in [2.45, 2.75) is 63.6 Å². The lowest BCUT2D eigenvalue weighted by Crippen LogP contribution is -2.22. The number of para-hydroxylation sites is 1. The lowest BCUT2D eigenvalue weighted by molar-refractivity contribution is 0.147. The highest BCUT2D eigenvalue weighted by Gasteiger charge is 2.22. The lowest BCUT2D eigenvalue weighted by atomic mass is 9.97. The molecular formula is C16H22FNO. The normalized spacial score (nSPS) is 20.5. The Balaban J connectivity index is 1.69. The average Bonchev–Trinajstić information content (AvgIpc) is 3.25. The van der Waals surface area contributed by atoms with Crippen molar-refractivity contribution in [1.82, 2.24) is 5.32 Å². The second kappa shape index (κ2) is 5.91. The molecule has 1 aromatic carbocycles. The number of halogens is 1. The predicted octanol–water partition coefficient (Wildman–Crippen LogP) is 3.79. The van der Waals surface area contributed by atoms with Gasteiger partial charge in [0, 0.05) is 18.2 Å². The molecule has 104 valence electrons. The van der Waals surface area contributed by atoms with Gasteiger partial charge in [-0.15, -0.1) is 0 Å². The molecule has 0 amide bonds. The Morgan fingerprint density at radius 3 is 2.63 bits per heavy atom. The van der Waals surface area contributed by atoms with Gasteiger partial charge in [0.1, 0.15) is 0 Å². The zero-order valence-corrected chi connectivity index (χ0v) is 11.3. The minimum absolute atomic E-state index is 0.199. The minimum Gasteiger partial charge on any atom is -0.487 e. The molecule has 0 spiro atoms. The van der Waals surface area contributed by atoms with Crippen molar-refractivity contribution in [2.24, 2.45) is 0 Å². The summed E-state index contributed by atoms with van der Waals surface area (Å²) < 4.78 is 19.9. The lowest BCUT2D eigenvalue weighted by Gasteiger charge is -2.24. The molecule has 3 rings (SSSR count). The standard InChI is InChI=1S/C16H22FNO/c17-15-8-4-5-12(11-18-13-9-10-13)16(15)19-14-6-2-1-3-7-14/h4-5,8,13-14,18H,1-3,6-7,9-11H2. The monoisotopic (exact) mass is 263 g/mol. The molecule has 2 saturated carbocycles. The Hall–Kier alpha value is -1.09. The Bertz CT molecular complexity index is 425. The molecule has 2 nitrogen and oxygen atoms in total. The third-order valence-corrected chi connectivity index (χ3v) is 4.04. The molecule has 2 aliphatic carbocycles. The summed E-state index contributed by atoms with van der Waals surface area (Å²) in [7, 11) is 0. The Labute approximate surface area is 114 Å². The molecule has 1 aromatic rings. The molecule has 1 N–H and O–H groups in total. The van der Waals surface area contributed by atoms with E-state index in [1.807, 2.05) is 6.07 Å². The van der Waals surface area contributed by atoms with E-state index in [2.05, 4.69) is 5.32 Å². The van der Waals surface area contributed by atoms with Gasteiger partial charge in [0.15, 0.2) is 11.6 Å². The van der Waals surface area contributed by atoms with Crippen LogP contribution in [0.1, 0.15) is 50.5 Å². The Morgan fingerprint density at radius 2 is 1.89 bits per heavy atom. The summed E-state index contributed by atoms with van der Waals surface area (Å²) in [4.78, 5) is 0. The van der Waals surface area contributed by atoms with Crippen LogP contribution >= 0.6 is 0 Å². The van der Waals surface area contributed by atoms with Gasteiger partial charge < -0.3 is 10.1 Å². The predicted molar refractivity (Wildman–Crippen MR) is 73.8 cm³/mol. The van der Waals surface area contributed by atoms with Crippen molar-refractivity contribution in [3.8, 4) is 5.75 Å². The number of rotatable bonds is 5. The molecule has 0 aromatic heterocycles. The van der Waals surface area contributed by atoms with Crippen LogP contribution < -0.4 is 10.1 Å². The number of hydrogen-bond acceptors (Lipinski definition) is 2. The molecule has 0 radical (unpaired) electrons. The summed E-state index contributed by atoms with van der Waals surface area (Å²) in [6, 6.07) is 5.87. The van der Waals surface area contributed by atoms with Crippen molar-refractivity contribution in [2.75, 3.05) is 0 Å². The molecule has 0 aliphatic heterocycles. The molecule has 0 bridgehead atoms. The van der Waals surface area contributed by atoms with Gasteiger partial charge in [-0.3, -0.25) is 0 Å². The number of ether oxygens (including phenoxy) is 1. The van der Waals surface area contributed by atoms with Crippen molar-refractivity contribution >= 4 is 0 Å². The van der Waals surface area contributed by atoms with Crippen LogP contribution in [-0.4, -0.2) is 12.1 Å². The molecule has 0 heterocycles. The maximum atomic E-state index is 14.0. The molecule has 3 heteroatoms. The molecule has 0 atom stereocenters. The van der Waals surface area contributed by atoms with Gasteiger partial charge in [-0.25, -0.2) is 4.39 Å². The third-order valence-electron chi connectivity index (χ3n) is 4.04. The molecule has 19 heavy (non-hydrogen) atoms. The fraction of sp³-hybridized carbons (Fsp3) is 0.625. The van der Waals surface area contributed by atoms with E-state index in [-0.39, 0.29) is 11.9 Å². The quantitative estimate of drug-likeness (QED) is 0.872. The van der Waals surface area contributed by atoms with Crippen LogP contribution in [0.2, 0.25) is 0 Å². The first kappa shape index (κ1) is 12.9. The van der Waals surface area contributed by atoms with Crippen molar-refractivity contribution in [1.29, 1.82) is 0 Å². The van der Waals surface area contributed by atoms with Crippen molar-refractivity contribution in [3.63, 3.8) is 0 Å². The Morgan fingerprint density at radius 1 is 1.11 bits per heavy atom. The highest BCUT2D eigenvalue weighted by molar-refractivity contribution is 5.35. The van der Waals surface area contributed by atoms with E-state index in [4.69, 9.17) is 4.74 Å². The SMILES string of the molecule is Fc1cccc(CNC2CC2)c1OC1CCCCC1. The first-order chi connectivity index (χ1) is 9.33. The molecular weight excluding hydrogens is 241 g/mol. The fourth-order valence-electron chi connectivity index (χ4n) is 2.72. The van der Waals surface area contributed by atoms with Crippen molar-refractivity contribution in [3.05, 3.63) is 29.6 Å².